The second-order valence-electron chi connectivity index (χ2n) is 6.67. The Morgan fingerprint density at radius 2 is 1.81 bits per heavy atom. The van der Waals surface area contributed by atoms with Crippen molar-refractivity contribution in [3.63, 3.8) is 0 Å². The van der Waals surface area contributed by atoms with Crippen LogP contribution in [0.3, 0.4) is 0 Å². The number of rotatable bonds is 9. The van der Waals surface area contributed by atoms with Crippen molar-refractivity contribution in [1.82, 2.24) is 10.6 Å². The lowest BCUT2D eigenvalue weighted by Gasteiger charge is -2.11. The molecule has 3 aromatic rings. The number of ether oxygens (including phenoxy) is 1. The first-order chi connectivity index (χ1) is 15.0. The summed E-state index contributed by atoms with van der Waals surface area (Å²) in [6, 6.07) is 18.8. The van der Waals surface area contributed by atoms with E-state index in [0.29, 0.717) is 17.9 Å². The zero-order valence-electron chi connectivity index (χ0n) is 17.4. The van der Waals surface area contributed by atoms with Crippen LogP contribution in [0.2, 0.25) is 0 Å². The van der Waals surface area contributed by atoms with Gasteiger partial charge in [-0.3, -0.25) is 9.59 Å². The largest absolute Gasteiger partial charge is 0.497 e. The molecule has 0 aliphatic carbocycles. The second-order valence-corrected chi connectivity index (χ2v) is 8.82. The monoisotopic (exact) mass is 452 g/mol. The van der Waals surface area contributed by atoms with Crippen molar-refractivity contribution >= 4 is 41.0 Å². The summed E-state index contributed by atoms with van der Waals surface area (Å²) >= 11 is 3.17. The van der Waals surface area contributed by atoms with E-state index in [4.69, 9.17) is 4.74 Å². The van der Waals surface area contributed by atoms with Gasteiger partial charge in [0, 0.05) is 27.6 Å². The van der Waals surface area contributed by atoms with Crippen molar-refractivity contribution in [2.45, 2.75) is 11.8 Å². The third-order valence-corrected chi connectivity index (χ3v) is 6.19. The molecule has 0 spiro atoms. The minimum absolute atomic E-state index is 0.212. The van der Waals surface area contributed by atoms with Crippen molar-refractivity contribution < 1.29 is 14.3 Å². The highest BCUT2D eigenvalue weighted by Crippen LogP contribution is 2.18. The summed E-state index contributed by atoms with van der Waals surface area (Å²) in [5, 5.41) is 7.56. The van der Waals surface area contributed by atoms with Gasteiger partial charge in [0.25, 0.3) is 11.8 Å². The van der Waals surface area contributed by atoms with Crippen molar-refractivity contribution in [2.24, 2.45) is 0 Å². The Morgan fingerprint density at radius 3 is 2.45 bits per heavy atom. The first-order valence-corrected chi connectivity index (χ1v) is 11.6. The van der Waals surface area contributed by atoms with Crippen LogP contribution in [0.4, 0.5) is 0 Å². The van der Waals surface area contributed by atoms with Crippen LogP contribution >= 0.6 is 23.1 Å². The molecule has 0 saturated carbocycles. The summed E-state index contributed by atoms with van der Waals surface area (Å²) in [5.41, 5.74) is 1.87. The first-order valence-electron chi connectivity index (χ1n) is 9.73. The van der Waals surface area contributed by atoms with E-state index in [1.54, 1.807) is 49.2 Å². The lowest BCUT2D eigenvalue weighted by Crippen LogP contribution is -2.35. The quantitative estimate of drug-likeness (QED) is 0.279. The van der Waals surface area contributed by atoms with E-state index in [2.05, 4.69) is 41.8 Å². The molecule has 0 unspecified atom stereocenters. The number of aryl methyl sites for hydroxylation is 1. The molecule has 1 aromatic heterocycles. The first kappa shape index (κ1) is 22.7. The molecule has 1 heterocycles. The van der Waals surface area contributed by atoms with Gasteiger partial charge in [-0.2, -0.15) is 0 Å². The van der Waals surface area contributed by atoms with Crippen LogP contribution < -0.4 is 15.4 Å². The van der Waals surface area contributed by atoms with Crippen LogP contribution in [-0.2, 0) is 4.79 Å². The van der Waals surface area contributed by atoms with Crippen LogP contribution in [0.15, 0.2) is 76.6 Å². The van der Waals surface area contributed by atoms with Gasteiger partial charge in [0.1, 0.15) is 11.4 Å². The van der Waals surface area contributed by atoms with E-state index >= 15 is 0 Å². The summed E-state index contributed by atoms with van der Waals surface area (Å²) in [7, 11) is 1.57. The maximum absolute atomic E-state index is 12.8. The number of thioether (sulfide) groups is 1. The average molecular weight is 453 g/mol. The second kappa shape index (κ2) is 11.4. The maximum Gasteiger partial charge on any atom is 0.267 e. The van der Waals surface area contributed by atoms with Crippen LogP contribution in [-0.4, -0.2) is 31.2 Å². The summed E-state index contributed by atoms with van der Waals surface area (Å²) in [4.78, 5) is 27.5. The highest BCUT2D eigenvalue weighted by molar-refractivity contribution is 7.99. The molecule has 3 rings (SSSR count). The van der Waals surface area contributed by atoms with E-state index in [1.807, 2.05) is 17.5 Å². The standard InChI is InChI=1S/C24H24N2O3S2/c1-17-5-11-20(12-6-17)31-15-13-25-24(28)22(16-21-4-3-14-30-21)26-23(27)18-7-9-19(29-2)10-8-18/h3-12,14,16H,13,15H2,1-2H3,(H,25,28)(H,26,27)/b22-16-. The van der Waals surface area contributed by atoms with E-state index in [-0.39, 0.29) is 17.5 Å². The molecule has 7 heteroatoms. The van der Waals surface area contributed by atoms with Gasteiger partial charge in [0.15, 0.2) is 0 Å². The fourth-order valence-electron chi connectivity index (χ4n) is 2.67. The summed E-state index contributed by atoms with van der Waals surface area (Å²) in [6.45, 7) is 2.54. The molecule has 2 amide bonds. The van der Waals surface area contributed by atoms with Gasteiger partial charge < -0.3 is 15.4 Å². The lowest BCUT2D eigenvalue weighted by molar-refractivity contribution is -0.117. The van der Waals surface area contributed by atoms with Crippen LogP contribution in [0, 0.1) is 6.92 Å². The maximum atomic E-state index is 12.8. The smallest absolute Gasteiger partial charge is 0.267 e. The third-order valence-electron chi connectivity index (χ3n) is 4.35. The van der Waals surface area contributed by atoms with Crippen molar-refractivity contribution in [2.75, 3.05) is 19.4 Å². The molecule has 0 radical (unpaired) electrons. The van der Waals surface area contributed by atoms with Gasteiger partial charge in [-0.15, -0.1) is 23.1 Å². The van der Waals surface area contributed by atoms with Gasteiger partial charge in [-0.25, -0.2) is 0 Å². The number of amides is 2. The Hall–Kier alpha value is -3.03. The normalized spacial score (nSPS) is 11.1. The number of carbonyl (C=O) groups excluding carboxylic acids is 2. The van der Waals surface area contributed by atoms with E-state index in [9.17, 15) is 9.59 Å². The third kappa shape index (κ3) is 7.01. The Kier molecular flexibility index (Phi) is 8.32. The Balaban J connectivity index is 1.61. The van der Waals surface area contributed by atoms with Crippen molar-refractivity contribution in [1.29, 1.82) is 0 Å². The Labute approximate surface area is 190 Å². The van der Waals surface area contributed by atoms with Crippen LogP contribution in [0.25, 0.3) is 6.08 Å². The molecule has 0 aliphatic heterocycles. The van der Waals surface area contributed by atoms with Gasteiger partial charge in [0.05, 0.1) is 7.11 Å². The van der Waals surface area contributed by atoms with E-state index < -0.39 is 0 Å². The summed E-state index contributed by atoms with van der Waals surface area (Å²) < 4.78 is 5.12. The van der Waals surface area contributed by atoms with Crippen LogP contribution in [0.5, 0.6) is 5.75 Å². The number of methoxy groups -OCH3 is 1. The Morgan fingerprint density at radius 1 is 1.06 bits per heavy atom. The minimum Gasteiger partial charge on any atom is -0.497 e. The highest BCUT2D eigenvalue weighted by atomic mass is 32.2. The van der Waals surface area contributed by atoms with E-state index in [0.717, 1.165) is 15.5 Å². The van der Waals surface area contributed by atoms with Gasteiger partial charge in [-0.1, -0.05) is 23.8 Å². The average Bonchev–Trinajstić information content (AvgIpc) is 3.30. The number of thiophene rings is 1. The number of nitrogens with one attached hydrogen (secondary N) is 2. The molecule has 0 saturated heterocycles. The summed E-state index contributed by atoms with van der Waals surface area (Å²) in [6.07, 6.45) is 1.69. The van der Waals surface area contributed by atoms with Crippen molar-refractivity contribution in [3.05, 3.63) is 87.7 Å². The van der Waals surface area contributed by atoms with Gasteiger partial charge in [-0.05, 0) is 60.8 Å². The topological polar surface area (TPSA) is 67.4 Å². The fraction of sp³-hybridized carbons (Fsp3) is 0.167. The zero-order valence-corrected chi connectivity index (χ0v) is 19.0. The molecular weight excluding hydrogens is 428 g/mol. The predicted molar refractivity (Wildman–Crippen MR) is 128 cm³/mol. The zero-order chi connectivity index (χ0) is 22.1. The molecule has 2 N–H and O–H groups in total. The highest BCUT2D eigenvalue weighted by Gasteiger charge is 2.15. The lowest BCUT2D eigenvalue weighted by atomic mass is 10.2. The fourth-order valence-corrected chi connectivity index (χ4v) is 4.10. The molecule has 160 valence electrons. The molecule has 0 atom stereocenters. The van der Waals surface area contributed by atoms with Gasteiger partial charge >= 0.3 is 0 Å². The SMILES string of the molecule is COc1ccc(C(=O)N/C(=C\c2cccs2)C(=O)NCCSc2ccc(C)cc2)cc1. The van der Waals surface area contributed by atoms with Crippen molar-refractivity contribution in [3.8, 4) is 5.75 Å². The predicted octanol–water partition coefficient (Wildman–Crippen LogP) is 4.74. The molecule has 31 heavy (non-hydrogen) atoms. The number of benzene rings is 2. The number of carbonyl (C=O) groups is 2. The molecule has 0 fully saturated rings. The molecule has 5 nitrogen and oxygen atoms in total. The molecular formula is C24H24N2O3S2. The minimum atomic E-state index is -0.352. The van der Waals surface area contributed by atoms with E-state index in [1.165, 1.54) is 16.9 Å². The molecule has 0 bridgehead atoms. The van der Waals surface area contributed by atoms with Gasteiger partial charge in [0.2, 0.25) is 0 Å². The molecule has 0 aliphatic rings. The summed E-state index contributed by atoms with van der Waals surface area (Å²) in [5.74, 6) is 0.720. The molecule has 2 aromatic carbocycles. The number of hydrogen-bond donors (Lipinski definition) is 2. The van der Waals surface area contributed by atoms with Crippen LogP contribution in [0.1, 0.15) is 20.8 Å². The number of hydrogen-bond acceptors (Lipinski definition) is 5. The Bertz CT molecular complexity index is 1030.